The maximum Gasteiger partial charge on any atom is 0.123 e. The van der Waals surface area contributed by atoms with E-state index in [1.165, 1.54) is 43.2 Å². The Morgan fingerprint density at radius 2 is 2.06 bits per heavy atom. The molecule has 1 fully saturated rings. The molecule has 0 aromatic heterocycles. The van der Waals surface area contributed by atoms with Gasteiger partial charge in [0.2, 0.25) is 0 Å². The Bertz CT molecular complexity index is 364. The lowest BCUT2D eigenvalue weighted by Gasteiger charge is -2.12. The Kier molecular flexibility index (Phi) is 3.32. The van der Waals surface area contributed by atoms with Gasteiger partial charge in [-0.05, 0) is 67.7 Å². The van der Waals surface area contributed by atoms with E-state index in [0.29, 0.717) is 5.41 Å². The van der Waals surface area contributed by atoms with Crippen molar-refractivity contribution in [3.05, 3.63) is 35.1 Å². The molecule has 1 heteroatoms. The van der Waals surface area contributed by atoms with Gasteiger partial charge in [0.1, 0.15) is 5.82 Å². The van der Waals surface area contributed by atoms with E-state index in [1.54, 1.807) is 12.1 Å². The molecule has 0 amide bonds. The largest absolute Gasteiger partial charge is 0.207 e. The summed E-state index contributed by atoms with van der Waals surface area (Å²) in [5.41, 5.74) is 3.08. The zero-order chi connectivity index (χ0) is 11.6. The predicted octanol–water partition coefficient (Wildman–Crippen LogP) is 4.65. The van der Waals surface area contributed by atoms with Crippen LogP contribution in [0.15, 0.2) is 18.2 Å². The highest BCUT2D eigenvalue weighted by molar-refractivity contribution is 5.26. The van der Waals surface area contributed by atoms with Crippen molar-refractivity contribution < 1.29 is 4.39 Å². The van der Waals surface area contributed by atoms with Gasteiger partial charge in [0.05, 0.1) is 0 Å². The third kappa shape index (κ3) is 2.63. The summed E-state index contributed by atoms with van der Waals surface area (Å²) >= 11 is 0. The fourth-order valence-electron chi connectivity index (χ4n) is 2.52. The summed E-state index contributed by atoms with van der Waals surface area (Å²) in [7, 11) is 0. The van der Waals surface area contributed by atoms with E-state index in [9.17, 15) is 4.39 Å². The molecular formula is C15H21F. The van der Waals surface area contributed by atoms with Crippen LogP contribution in [-0.4, -0.2) is 0 Å². The van der Waals surface area contributed by atoms with Gasteiger partial charge < -0.3 is 0 Å². The van der Waals surface area contributed by atoms with Crippen molar-refractivity contribution in [2.45, 2.75) is 52.4 Å². The summed E-state index contributed by atoms with van der Waals surface area (Å²) in [4.78, 5) is 0. The van der Waals surface area contributed by atoms with Crippen LogP contribution >= 0.6 is 0 Å². The molecule has 0 atom stereocenters. The molecule has 1 aliphatic carbocycles. The molecule has 0 radical (unpaired) electrons. The Morgan fingerprint density at radius 3 is 2.69 bits per heavy atom. The number of hydrogen-bond acceptors (Lipinski definition) is 0. The maximum absolute atomic E-state index is 13.1. The van der Waals surface area contributed by atoms with Crippen LogP contribution < -0.4 is 0 Å². The first kappa shape index (κ1) is 11.6. The summed E-state index contributed by atoms with van der Waals surface area (Å²) in [6.45, 7) is 4.36. The Balaban J connectivity index is 1.87. The van der Waals surface area contributed by atoms with Crippen molar-refractivity contribution >= 4 is 0 Å². The molecule has 1 aliphatic rings. The fraction of sp³-hybridized carbons (Fsp3) is 0.600. The van der Waals surface area contributed by atoms with Crippen molar-refractivity contribution in [3.63, 3.8) is 0 Å². The topological polar surface area (TPSA) is 0 Å². The van der Waals surface area contributed by atoms with Crippen LogP contribution in [0.1, 0.15) is 50.2 Å². The van der Waals surface area contributed by atoms with Gasteiger partial charge in [-0.2, -0.15) is 0 Å². The number of halogens is 1. The zero-order valence-electron chi connectivity index (χ0n) is 10.4. The minimum atomic E-state index is -0.0998. The van der Waals surface area contributed by atoms with Crippen LogP contribution in [-0.2, 0) is 6.42 Å². The Hall–Kier alpha value is -0.850. The van der Waals surface area contributed by atoms with Gasteiger partial charge in [0.15, 0.2) is 0 Å². The van der Waals surface area contributed by atoms with Crippen LogP contribution in [0.25, 0.3) is 0 Å². The van der Waals surface area contributed by atoms with Crippen LogP contribution in [0.3, 0.4) is 0 Å². The van der Waals surface area contributed by atoms with Crippen LogP contribution in [0.4, 0.5) is 4.39 Å². The summed E-state index contributed by atoms with van der Waals surface area (Å²) < 4.78 is 13.1. The lowest BCUT2D eigenvalue weighted by Crippen LogP contribution is -2.00. The second-order valence-electron chi connectivity index (χ2n) is 5.28. The normalized spacial score (nSPS) is 17.4. The van der Waals surface area contributed by atoms with E-state index in [1.807, 2.05) is 6.07 Å². The number of aryl methyl sites for hydroxylation is 2. The monoisotopic (exact) mass is 220 g/mol. The van der Waals surface area contributed by atoms with E-state index in [2.05, 4.69) is 13.8 Å². The highest BCUT2D eigenvalue weighted by Gasteiger charge is 2.39. The fourth-order valence-corrected chi connectivity index (χ4v) is 2.52. The van der Waals surface area contributed by atoms with E-state index in [4.69, 9.17) is 0 Å². The van der Waals surface area contributed by atoms with Gasteiger partial charge in [-0.1, -0.05) is 19.4 Å². The molecule has 1 saturated carbocycles. The summed E-state index contributed by atoms with van der Waals surface area (Å²) in [5, 5.41) is 0. The molecule has 0 aliphatic heterocycles. The van der Waals surface area contributed by atoms with Crippen molar-refractivity contribution in [2.75, 3.05) is 0 Å². The molecule has 0 bridgehead atoms. The van der Waals surface area contributed by atoms with Crippen LogP contribution in [0.2, 0.25) is 0 Å². The molecular weight excluding hydrogens is 199 g/mol. The quantitative estimate of drug-likeness (QED) is 0.677. The maximum atomic E-state index is 13.1. The molecule has 2 rings (SSSR count). The molecule has 0 saturated heterocycles. The van der Waals surface area contributed by atoms with E-state index in [0.717, 1.165) is 6.42 Å². The zero-order valence-corrected chi connectivity index (χ0v) is 10.4. The second kappa shape index (κ2) is 4.57. The van der Waals surface area contributed by atoms with E-state index < -0.39 is 0 Å². The van der Waals surface area contributed by atoms with Crippen molar-refractivity contribution in [1.82, 2.24) is 0 Å². The molecule has 0 nitrogen and oxygen atoms in total. The Labute approximate surface area is 97.9 Å². The molecule has 0 unspecified atom stereocenters. The lowest BCUT2D eigenvalue weighted by molar-refractivity contribution is 0.433. The SMILES string of the molecule is CCC1(CCCc2cc(F)ccc2C)CC1. The van der Waals surface area contributed by atoms with Crippen molar-refractivity contribution in [3.8, 4) is 0 Å². The average Bonchev–Trinajstić information content (AvgIpc) is 3.04. The third-order valence-electron chi connectivity index (χ3n) is 4.17. The van der Waals surface area contributed by atoms with E-state index in [-0.39, 0.29) is 5.82 Å². The highest BCUT2D eigenvalue weighted by atomic mass is 19.1. The van der Waals surface area contributed by atoms with E-state index >= 15 is 0 Å². The molecule has 0 N–H and O–H groups in total. The number of rotatable bonds is 5. The predicted molar refractivity (Wildman–Crippen MR) is 66.0 cm³/mol. The van der Waals surface area contributed by atoms with Crippen LogP contribution in [0.5, 0.6) is 0 Å². The van der Waals surface area contributed by atoms with Crippen molar-refractivity contribution in [1.29, 1.82) is 0 Å². The molecule has 1 aromatic rings. The summed E-state index contributed by atoms with van der Waals surface area (Å²) in [6, 6.07) is 5.13. The average molecular weight is 220 g/mol. The van der Waals surface area contributed by atoms with Gasteiger partial charge in [0, 0.05) is 0 Å². The Morgan fingerprint density at radius 1 is 1.31 bits per heavy atom. The van der Waals surface area contributed by atoms with Gasteiger partial charge in [0.25, 0.3) is 0 Å². The van der Waals surface area contributed by atoms with Gasteiger partial charge in [-0.25, -0.2) is 4.39 Å². The first-order valence-electron chi connectivity index (χ1n) is 6.40. The third-order valence-corrected chi connectivity index (χ3v) is 4.17. The molecule has 0 heterocycles. The first-order valence-corrected chi connectivity index (χ1v) is 6.40. The minimum Gasteiger partial charge on any atom is -0.207 e. The highest BCUT2D eigenvalue weighted by Crippen LogP contribution is 2.52. The number of benzene rings is 1. The lowest BCUT2D eigenvalue weighted by atomic mass is 9.93. The smallest absolute Gasteiger partial charge is 0.123 e. The van der Waals surface area contributed by atoms with Gasteiger partial charge in [-0.3, -0.25) is 0 Å². The summed E-state index contributed by atoms with van der Waals surface area (Å²) in [6.07, 6.45) is 7.69. The summed E-state index contributed by atoms with van der Waals surface area (Å²) in [5.74, 6) is -0.0998. The van der Waals surface area contributed by atoms with Gasteiger partial charge >= 0.3 is 0 Å². The van der Waals surface area contributed by atoms with Crippen molar-refractivity contribution in [2.24, 2.45) is 5.41 Å². The second-order valence-corrected chi connectivity index (χ2v) is 5.28. The van der Waals surface area contributed by atoms with Gasteiger partial charge in [-0.15, -0.1) is 0 Å². The standard InChI is InChI=1S/C15H21F/c1-3-15(9-10-15)8-4-5-13-11-14(16)7-6-12(13)2/h6-7,11H,3-5,8-10H2,1-2H3. The molecule has 0 spiro atoms. The number of hydrogen-bond donors (Lipinski definition) is 0. The molecule has 88 valence electrons. The first-order chi connectivity index (χ1) is 7.65. The minimum absolute atomic E-state index is 0.0998. The molecule has 1 aromatic carbocycles. The van der Waals surface area contributed by atoms with Crippen LogP contribution in [0, 0.1) is 18.2 Å². The molecule has 16 heavy (non-hydrogen) atoms.